The molecule has 0 bridgehead atoms. The van der Waals surface area contributed by atoms with Crippen molar-refractivity contribution >= 4 is 55.0 Å². The van der Waals surface area contributed by atoms with Crippen molar-refractivity contribution in [3.8, 4) is 0 Å². The molecule has 0 aliphatic heterocycles. The van der Waals surface area contributed by atoms with Gasteiger partial charge < -0.3 is 10.2 Å². The summed E-state index contributed by atoms with van der Waals surface area (Å²) in [5, 5.41) is 26.0. The minimum atomic E-state index is -0.883. The van der Waals surface area contributed by atoms with Crippen molar-refractivity contribution in [2.75, 3.05) is 0 Å². The summed E-state index contributed by atoms with van der Waals surface area (Å²) >= 11 is 0. The maximum atomic E-state index is 11.4. The van der Waals surface area contributed by atoms with Crippen molar-refractivity contribution in [1.29, 1.82) is 0 Å². The minimum Gasteiger partial charge on any atom is -0.478 e. The Kier molecular flexibility index (Phi) is 5.40. The van der Waals surface area contributed by atoms with Crippen LogP contribution in [-0.2, 0) is 0 Å². The lowest BCUT2D eigenvalue weighted by atomic mass is 9.97. The highest BCUT2D eigenvalue weighted by Gasteiger charge is 2.13. The predicted octanol–water partition coefficient (Wildman–Crippen LogP) is 7.38. The van der Waals surface area contributed by atoms with E-state index in [1.807, 2.05) is 97.1 Å². The molecule has 0 heterocycles. The van der Waals surface area contributed by atoms with Gasteiger partial charge in [0.05, 0.1) is 11.1 Å². The van der Waals surface area contributed by atoms with Crippen LogP contribution in [0.2, 0.25) is 0 Å². The zero-order chi connectivity index (χ0) is 23.7. The fourth-order valence-corrected chi connectivity index (χ4v) is 4.40. The van der Waals surface area contributed by atoms with Gasteiger partial charge in [-0.15, -0.1) is 0 Å². The average molecular weight is 444 g/mol. The van der Waals surface area contributed by atoms with E-state index in [0.717, 1.165) is 43.1 Å². The van der Waals surface area contributed by atoms with E-state index < -0.39 is 11.9 Å². The Morgan fingerprint density at radius 3 is 1.44 bits per heavy atom. The Bertz CT molecular complexity index is 1640. The molecule has 0 spiro atoms. The van der Waals surface area contributed by atoms with Gasteiger partial charge in [0.15, 0.2) is 0 Å². The Morgan fingerprint density at radius 1 is 0.441 bits per heavy atom. The van der Waals surface area contributed by atoms with E-state index in [1.165, 1.54) is 0 Å². The third kappa shape index (κ3) is 3.82. The Hall–Kier alpha value is -4.70. The summed E-state index contributed by atoms with van der Waals surface area (Å²) in [6, 6.07) is 34.5. The van der Waals surface area contributed by atoms with Gasteiger partial charge in [-0.2, -0.15) is 0 Å². The summed E-state index contributed by atoms with van der Waals surface area (Å²) in [6.45, 7) is 0. The summed E-state index contributed by atoms with van der Waals surface area (Å²) in [6.07, 6.45) is 0. The van der Waals surface area contributed by atoms with E-state index in [4.69, 9.17) is 5.11 Å². The lowest BCUT2D eigenvalue weighted by Gasteiger charge is -2.07. The van der Waals surface area contributed by atoms with Crippen LogP contribution in [0.1, 0.15) is 20.7 Å². The van der Waals surface area contributed by atoms with Crippen LogP contribution < -0.4 is 0 Å². The van der Waals surface area contributed by atoms with Crippen LogP contribution in [-0.4, -0.2) is 22.2 Å². The standard InChI is InChI=1S/2C15H10O2/c16-15(17)14-12-7-3-1-5-10(12)9-11-6-2-4-8-13(11)14;16-15(17)13-7-3-6-12-8-10-4-1-2-5-11(10)9-14(12)13/h2*1-9H,(H,16,17). The largest absolute Gasteiger partial charge is 0.478 e. The topological polar surface area (TPSA) is 74.6 Å². The van der Waals surface area contributed by atoms with E-state index in [9.17, 15) is 14.7 Å². The molecule has 0 amide bonds. The molecule has 34 heavy (non-hydrogen) atoms. The summed E-state index contributed by atoms with van der Waals surface area (Å²) in [5.41, 5.74) is 0.743. The number of carboxylic acid groups (broad SMARTS) is 2. The second-order valence-electron chi connectivity index (χ2n) is 8.03. The number of hydrogen-bond acceptors (Lipinski definition) is 2. The van der Waals surface area contributed by atoms with Gasteiger partial charge in [0.1, 0.15) is 0 Å². The van der Waals surface area contributed by atoms with Crippen molar-refractivity contribution in [1.82, 2.24) is 0 Å². The molecule has 4 nitrogen and oxygen atoms in total. The molecule has 0 aliphatic carbocycles. The molecule has 0 unspecified atom stereocenters. The first-order chi connectivity index (χ1) is 16.5. The van der Waals surface area contributed by atoms with Crippen LogP contribution in [0, 0.1) is 0 Å². The van der Waals surface area contributed by atoms with E-state index in [-0.39, 0.29) is 0 Å². The molecule has 0 radical (unpaired) electrons. The second kappa shape index (κ2) is 8.68. The highest BCUT2D eigenvalue weighted by Crippen LogP contribution is 2.28. The molecule has 0 aliphatic rings. The van der Waals surface area contributed by atoms with E-state index in [2.05, 4.69) is 0 Å². The lowest BCUT2D eigenvalue weighted by molar-refractivity contribution is 0.0689. The smallest absolute Gasteiger partial charge is 0.336 e. The van der Waals surface area contributed by atoms with Crippen LogP contribution in [0.4, 0.5) is 0 Å². The molecule has 0 saturated heterocycles. The Labute approximate surface area is 195 Å². The molecule has 164 valence electrons. The van der Waals surface area contributed by atoms with Crippen LogP contribution in [0.15, 0.2) is 109 Å². The molecule has 6 aromatic rings. The van der Waals surface area contributed by atoms with Crippen LogP contribution in [0.25, 0.3) is 43.1 Å². The fraction of sp³-hybridized carbons (Fsp3) is 0. The van der Waals surface area contributed by atoms with Crippen molar-refractivity contribution in [2.24, 2.45) is 0 Å². The van der Waals surface area contributed by atoms with E-state index >= 15 is 0 Å². The lowest BCUT2D eigenvalue weighted by Crippen LogP contribution is -1.99. The van der Waals surface area contributed by atoms with Crippen molar-refractivity contribution in [3.63, 3.8) is 0 Å². The summed E-state index contributed by atoms with van der Waals surface area (Å²) < 4.78 is 0. The monoisotopic (exact) mass is 444 g/mol. The number of carbonyl (C=O) groups is 2. The summed E-state index contributed by atoms with van der Waals surface area (Å²) in [5.74, 6) is -1.76. The fourth-order valence-electron chi connectivity index (χ4n) is 4.40. The third-order valence-corrected chi connectivity index (χ3v) is 5.96. The SMILES string of the molecule is O=C(O)c1c2ccccc2cc2ccccc12.O=C(O)c1cccc2cc3ccccc3cc12. The van der Waals surface area contributed by atoms with Crippen molar-refractivity contribution in [2.45, 2.75) is 0 Å². The van der Waals surface area contributed by atoms with Gasteiger partial charge >= 0.3 is 11.9 Å². The van der Waals surface area contributed by atoms with Gasteiger partial charge in [-0.1, -0.05) is 84.9 Å². The van der Waals surface area contributed by atoms with E-state index in [1.54, 1.807) is 12.1 Å². The maximum Gasteiger partial charge on any atom is 0.336 e. The normalized spacial score (nSPS) is 10.8. The molecule has 2 N–H and O–H groups in total. The number of hydrogen-bond donors (Lipinski definition) is 2. The van der Waals surface area contributed by atoms with Crippen LogP contribution >= 0.6 is 0 Å². The maximum absolute atomic E-state index is 11.4. The number of rotatable bonds is 2. The number of carboxylic acids is 2. The Balaban J connectivity index is 0.000000142. The number of fused-ring (bicyclic) bond motifs is 4. The van der Waals surface area contributed by atoms with Gasteiger partial charge in [-0.25, -0.2) is 9.59 Å². The molecule has 4 heteroatoms. The van der Waals surface area contributed by atoms with Gasteiger partial charge in [0.2, 0.25) is 0 Å². The zero-order valence-electron chi connectivity index (χ0n) is 18.1. The molecule has 0 atom stereocenters. The molecule has 0 saturated carbocycles. The highest BCUT2D eigenvalue weighted by molar-refractivity contribution is 6.16. The quantitative estimate of drug-likeness (QED) is 0.273. The summed E-state index contributed by atoms with van der Waals surface area (Å²) in [4.78, 5) is 22.6. The van der Waals surface area contributed by atoms with Crippen LogP contribution in [0.3, 0.4) is 0 Å². The van der Waals surface area contributed by atoms with Gasteiger partial charge in [-0.05, 0) is 67.4 Å². The first-order valence-corrected chi connectivity index (χ1v) is 10.8. The molecule has 6 rings (SSSR count). The first kappa shape index (κ1) is 21.2. The van der Waals surface area contributed by atoms with E-state index in [0.29, 0.717) is 11.1 Å². The average Bonchev–Trinajstić information content (AvgIpc) is 2.85. The Morgan fingerprint density at radius 2 is 0.882 bits per heavy atom. The van der Waals surface area contributed by atoms with Crippen LogP contribution in [0.5, 0.6) is 0 Å². The third-order valence-electron chi connectivity index (χ3n) is 5.96. The van der Waals surface area contributed by atoms with Gasteiger partial charge in [-0.3, -0.25) is 0 Å². The minimum absolute atomic E-state index is 0.355. The second-order valence-corrected chi connectivity index (χ2v) is 8.03. The van der Waals surface area contributed by atoms with Crippen molar-refractivity contribution < 1.29 is 19.8 Å². The molecule has 0 fully saturated rings. The molecule has 0 aromatic heterocycles. The highest BCUT2D eigenvalue weighted by atomic mass is 16.4. The number of benzene rings is 6. The van der Waals surface area contributed by atoms with Gasteiger partial charge in [0, 0.05) is 0 Å². The zero-order valence-corrected chi connectivity index (χ0v) is 18.1. The van der Waals surface area contributed by atoms with Gasteiger partial charge in [0.25, 0.3) is 0 Å². The molecular weight excluding hydrogens is 424 g/mol. The summed E-state index contributed by atoms with van der Waals surface area (Å²) in [7, 11) is 0. The first-order valence-electron chi connectivity index (χ1n) is 10.8. The van der Waals surface area contributed by atoms with Crippen molar-refractivity contribution in [3.05, 3.63) is 120 Å². The molecule has 6 aromatic carbocycles. The molecular formula is C30H20O4. The number of aromatic carboxylic acids is 2. The predicted molar refractivity (Wildman–Crippen MR) is 137 cm³/mol.